The molecular formula is C13H10ClN2O3S2+. The Bertz CT molecular complexity index is 745. The number of fused-ring (bicyclic) bond motifs is 1. The van der Waals surface area contributed by atoms with Crippen molar-refractivity contribution in [2.45, 2.75) is 0 Å². The number of hydrogen-bond donors (Lipinski definition) is 2. The molecule has 1 aliphatic rings. The Hall–Kier alpha value is -1.70. The number of carboxylic acids is 1. The Balaban J connectivity index is 2.25. The van der Waals surface area contributed by atoms with Crippen LogP contribution in [0.25, 0.3) is 5.76 Å². The van der Waals surface area contributed by atoms with Gasteiger partial charge in [0.1, 0.15) is 6.26 Å². The molecule has 2 aromatic rings. The summed E-state index contributed by atoms with van der Waals surface area (Å²) in [4.78, 5) is 15.7. The van der Waals surface area contributed by atoms with Crippen LogP contribution in [-0.2, 0) is 15.9 Å². The average Bonchev–Trinajstić information content (AvgIpc) is 2.81. The van der Waals surface area contributed by atoms with Gasteiger partial charge in [-0.25, -0.2) is 9.78 Å². The number of nitrogens with zero attached hydrogens (tertiary/aromatic N) is 2. The van der Waals surface area contributed by atoms with Crippen molar-refractivity contribution in [2.24, 2.45) is 0 Å². The Morgan fingerprint density at radius 2 is 2.24 bits per heavy atom. The summed E-state index contributed by atoms with van der Waals surface area (Å²) in [7, 11) is 0. The number of aliphatic hydroxyl groups is 1. The van der Waals surface area contributed by atoms with Gasteiger partial charge in [0.25, 0.3) is 0 Å². The average molecular weight is 342 g/mol. The summed E-state index contributed by atoms with van der Waals surface area (Å²) in [5, 5.41) is 20.3. The van der Waals surface area contributed by atoms with Gasteiger partial charge in [-0.15, -0.1) is 15.6 Å². The summed E-state index contributed by atoms with van der Waals surface area (Å²) in [5.74, 6) is -0.750. The predicted molar refractivity (Wildman–Crippen MR) is 86.2 cm³/mol. The zero-order valence-corrected chi connectivity index (χ0v) is 13.2. The first-order chi connectivity index (χ1) is 10.0. The molecule has 0 amide bonds. The maximum atomic E-state index is 11.5. The third-order valence-electron chi connectivity index (χ3n) is 2.96. The van der Waals surface area contributed by atoms with Gasteiger partial charge in [0.15, 0.2) is 27.7 Å². The Labute approximate surface area is 132 Å². The molecule has 2 aromatic heterocycles. The number of aromatic nitrogens is 1. The molecule has 5 nitrogen and oxygen atoms in total. The molecule has 2 N–H and O–H groups in total. The van der Waals surface area contributed by atoms with Gasteiger partial charge in [0.2, 0.25) is 0 Å². The van der Waals surface area contributed by atoms with Gasteiger partial charge in [-0.2, -0.15) is 0 Å². The number of carbonyl (C=O) groups is 1. The standard InChI is InChI=1S/C13H9ClN2O3S2/c1-21-11(13(18)19)10(17)7-6-8(14)20-12(7)16(21)9-4-2-3-5-15-9/h2-6H,1H3,(H-,17,18,19)/p+1. The molecule has 0 saturated carbocycles. The predicted octanol–water partition coefficient (Wildman–Crippen LogP) is 3.42. The molecule has 0 aliphatic carbocycles. The smallest absolute Gasteiger partial charge is 0.391 e. The van der Waals surface area contributed by atoms with Crippen molar-refractivity contribution < 1.29 is 15.0 Å². The van der Waals surface area contributed by atoms with E-state index in [0.717, 1.165) is 0 Å². The highest BCUT2D eigenvalue weighted by atomic mass is 35.5. The minimum absolute atomic E-state index is 0.0392. The highest BCUT2D eigenvalue weighted by molar-refractivity contribution is 8.02. The maximum absolute atomic E-state index is 11.5. The van der Waals surface area contributed by atoms with E-state index in [1.165, 1.54) is 11.3 Å². The van der Waals surface area contributed by atoms with Gasteiger partial charge < -0.3 is 10.2 Å². The van der Waals surface area contributed by atoms with Crippen LogP contribution < -0.4 is 4.31 Å². The van der Waals surface area contributed by atoms with Gasteiger partial charge in [-0.05, 0) is 18.2 Å². The van der Waals surface area contributed by atoms with Crippen LogP contribution in [0.2, 0.25) is 4.34 Å². The van der Waals surface area contributed by atoms with Crippen LogP contribution in [0.3, 0.4) is 0 Å². The van der Waals surface area contributed by atoms with Crippen LogP contribution in [0.5, 0.6) is 0 Å². The van der Waals surface area contributed by atoms with Gasteiger partial charge >= 0.3 is 10.9 Å². The molecule has 8 heteroatoms. The number of aliphatic carboxylic acids is 1. The van der Waals surface area contributed by atoms with E-state index >= 15 is 0 Å². The lowest BCUT2D eigenvalue weighted by Crippen LogP contribution is -2.33. The summed E-state index contributed by atoms with van der Waals surface area (Å²) >= 11 is 6.45. The van der Waals surface area contributed by atoms with Crippen LogP contribution in [0.4, 0.5) is 10.8 Å². The normalized spacial score (nSPS) is 17.8. The molecule has 21 heavy (non-hydrogen) atoms. The van der Waals surface area contributed by atoms with E-state index in [1.54, 1.807) is 35.0 Å². The van der Waals surface area contributed by atoms with Crippen molar-refractivity contribution in [3.63, 3.8) is 0 Å². The summed E-state index contributed by atoms with van der Waals surface area (Å²) in [6.45, 7) is 0. The van der Waals surface area contributed by atoms with Crippen LogP contribution in [0.1, 0.15) is 5.56 Å². The second kappa shape index (κ2) is 5.25. The molecule has 1 unspecified atom stereocenters. The third-order valence-corrected chi connectivity index (χ3v) is 6.20. The van der Waals surface area contributed by atoms with Gasteiger partial charge in [0, 0.05) is 6.20 Å². The lowest BCUT2D eigenvalue weighted by atomic mass is 10.2. The first-order valence-electron chi connectivity index (χ1n) is 5.84. The van der Waals surface area contributed by atoms with Gasteiger partial charge in [0.05, 0.1) is 9.90 Å². The largest absolute Gasteiger partial charge is 0.503 e. The summed E-state index contributed by atoms with van der Waals surface area (Å²) in [6.07, 6.45) is 3.38. The summed E-state index contributed by atoms with van der Waals surface area (Å²) in [5.41, 5.74) is 0.429. The SMILES string of the molecule is C[S+]1C(C(=O)O)=C(O)c2cc(Cl)sc2N1c1ccccn1. The van der Waals surface area contributed by atoms with Crippen LogP contribution in [-0.4, -0.2) is 27.4 Å². The second-order valence-corrected chi connectivity index (χ2v) is 7.60. The van der Waals surface area contributed by atoms with Crippen LogP contribution in [0.15, 0.2) is 35.4 Å². The molecule has 1 aliphatic heterocycles. The Kier molecular flexibility index (Phi) is 3.56. The molecule has 0 radical (unpaired) electrons. The monoisotopic (exact) mass is 341 g/mol. The van der Waals surface area contributed by atoms with Crippen LogP contribution >= 0.6 is 22.9 Å². The molecule has 0 aromatic carbocycles. The first kappa shape index (κ1) is 14.2. The van der Waals surface area contributed by atoms with E-state index in [0.29, 0.717) is 20.7 Å². The Morgan fingerprint density at radius 3 is 2.86 bits per heavy atom. The molecule has 1 atom stereocenters. The van der Waals surface area contributed by atoms with Crippen molar-refractivity contribution >= 4 is 56.6 Å². The molecule has 0 fully saturated rings. The topological polar surface area (TPSA) is 73.7 Å². The molecule has 3 rings (SSSR count). The minimum Gasteiger partial charge on any atom is -0.503 e. The molecule has 0 saturated heterocycles. The van der Waals surface area contributed by atoms with E-state index in [9.17, 15) is 15.0 Å². The zero-order valence-electron chi connectivity index (χ0n) is 10.8. The number of pyridine rings is 1. The van der Waals surface area contributed by atoms with Gasteiger partial charge in [-0.3, -0.25) is 0 Å². The van der Waals surface area contributed by atoms with Crippen LogP contribution in [0, 0.1) is 0 Å². The molecule has 0 bridgehead atoms. The minimum atomic E-state index is -1.15. The third kappa shape index (κ3) is 2.27. The fourth-order valence-electron chi connectivity index (χ4n) is 2.10. The van der Waals surface area contributed by atoms with Crippen molar-refractivity contribution in [2.75, 3.05) is 10.6 Å². The number of thiophene rings is 1. The summed E-state index contributed by atoms with van der Waals surface area (Å²) in [6, 6.07) is 6.98. The number of halogens is 1. The van der Waals surface area contributed by atoms with Gasteiger partial charge in [-0.1, -0.05) is 17.7 Å². The number of carboxylic acid groups (broad SMARTS) is 1. The van der Waals surface area contributed by atoms with Crippen molar-refractivity contribution in [3.05, 3.63) is 45.3 Å². The molecule has 108 valence electrons. The van der Waals surface area contributed by atoms with E-state index in [-0.39, 0.29) is 10.7 Å². The van der Waals surface area contributed by atoms with E-state index < -0.39 is 17.1 Å². The maximum Gasteiger partial charge on any atom is 0.391 e. The lowest BCUT2D eigenvalue weighted by molar-refractivity contribution is -0.131. The fraction of sp³-hybridized carbons (Fsp3) is 0.0769. The molecule has 3 heterocycles. The number of rotatable bonds is 2. The highest BCUT2D eigenvalue weighted by Crippen LogP contribution is 2.48. The van der Waals surface area contributed by atoms with E-state index in [1.807, 2.05) is 6.07 Å². The number of aliphatic hydroxyl groups excluding tert-OH is 1. The van der Waals surface area contributed by atoms with Crippen molar-refractivity contribution in [3.8, 4) is 0 Å². The molecule has 0 spiro atoms. The van der Waals surface area contributed by atoms with Crippen molar-refractivity contribution in [1.29, 1.82) is 0 Å². The number of anilines is 2. The zero-order chi connectivity index (χ0) is 15.1. The highest BCUT2D eigenvalue weighted by Gasteiger charge is 2.46. The lowest BCUT2D eigenvalue weighted by Gasteiger charge is -2.24. The quantitative estimate of drug-likeness (QED) is 0.819. The molecular weight excluding hydrogens is 332 g/mol. The Morgan fingerprint density at radius 1 is 1.48 bits per heavy atom. The van der Waals surface area contributed by atoms with E-state index in [2.05, 4.69) is 4.98 Å². The fourth-order valence-corrected chi connectivity index (χ4v) is 5.24. The number of hydrogen-bond acceptors (Lipinski definition) is 5. The summed E-state index contributed by atoms with van der Waals surface area (Å²) < 4.78 is 2.28. The van der Waals surface area contributed by atoms with Crippen molar-refractivity contribution in [1.82, 2.24) is 4.98 Å². The first-order valence-corrected chi connectivity index (χ1v) is 8.62. The second-order valence-electron chi connectivity index (χ2n) is 4.21. The van der Waals surface area contributed by atoms with E-state index in [4.69, 9.17) is 11.6 Å².